The molecular formula is C23H30FN3O4S. The Morgan fingerprint density at radius 2 is 1.56 bits per heavy atom. The van der Waals surface area contributed by atoms with Crippen LogP contribution >= 0.6 is 0 Å². The molecule has 1 N–H and O–H groups in total. The molecule has 1 atom stereocenters. The van der Waals surface area contributed by atoms with Crippen molar-refractivity contribution in [2.75, 3.05) is 23.7 Å². The number of benzene rings is 2. The van der Waals surface area contributed by atoms with Crippen molar-refractivity contribution in [2.24, 2.45) is 0 Å². The number of aryl methyl sites for hydroxylation is 1. The smallest absolute Gasteiger partial charge is 0.244 e. The fraction of sp³-hybridized carbons (Fsp3) is 0.391. The molecule has 0 aliphatic carbocycles. The molecule has 32 heavy (non-hydrogen) atoms. The van der Waals surface area contributed by atoms with E-state index in [1.54, 1.807) is 26.0 Å². The normalized spacial score (nSPS) is 12.2. The highest BCUT2D eigenvalue weighted by Crippen LogP contribution is 2.20. The van der Waals surface area contributed by atoms with Crippen LogP contribution in [0.25, 0.3) is 0 Å². The molecule has 0 radical (unpaired) electrons. The van der Waals surface area contributed by atoms with E-state index < -0.39 is 34.3 Å². The number of hydrogen-bond acceptors (Lipinski definition) is 4. The number of carbonyl (C=O) groups excluding carboxylic acids is 2. The Morgan fingerprint density at radius 1 is 1.00 bits per heavy atom. The van der Waals surface area contributed by atoms with Crippen LogP contribution in [0.1, 0.15) is 31.9 Å². The molecule has 2 aromatic rings. The first-order valence-electron chi connectivity index (χ1n) is 10.4. The van der Waals surface area contributed by atoms with Gasteiger partial charge in [-0.2, -0.15) is 0 Å². The first-order chi connectivity index (χ1) is 15.1. The second-order valence-electron chi connectivity index (χ2n) is 7.51. The predicted molar refractivity (Wildman–Crippen MR) is 123 cm³/mol. The summed E-state index contributed by atoms with van der Waals surface area (Å²) in [6, 6.07) is 11.7. The zero-order valence-electron chi connectivity index (χ0n) is 18.8. The molecule has 0 saturated carbocycles. The highest BCUT2D eigenvalue weighted by Gasteiger charge is 2.29. The van der Waals surface area contributed by atoms with Crippen molar-refractivity contribution in [2.45, 2.75) is 39.8 Å². The van der Waals surface area contributed by atoms with E-state index in [0.717, 1.165) is 22.5 Å². The first kappa shape index (κ1) is 25.3. The Kier molecular flexibility index (Phi) is 8.77. The molecule has 174 valence electrons. The van der Waals surface area contributed by atoms with Crippen LogP contribution in [0.15, 0.2) is 48.5 Å². The zero-order valence-corrected chi connectivity index (χ0v) is 19.7. The Hall–Kier alpha value is -2.94. The molecule has 0 unspecified atom stereocenters. The standard InChI is InChI=1S/C23H30FN3O4S/c1-5-18-9-13-21(14-10-18)27(32(4,30)31)16-22(28)26(17(3)23(29)25-6-2)15-19-7-11-20(24)12-8-19/h7-14,17H,5-6,15-16H2,1-4H3,(H,25,29)/t17-/m0/s1. The number of hydrogen-bond donors (Lipinski definition) is 1. The summed E-state index contributed by atoms with van der Waals surface area (Å²) in [5.74, 6) is -1.32. The lowest BCUT2D eigenvalue weighted by atomic mass is 10.1. The quantitative estimate of drug-likeness (QED) is 0.587. The van der Waals surface area contributed by atoms with Gasteiger partial charge in [0.25, 0.3) is 0 Å². The van der Waals surface area contributed by atoms with E-state index in [9.17, 15) is 22.4 Å². The molecule has 0 saturated heterocycles. The summed E-state index contributed by atoms with van der Waals surface area (Å²) in [4.78, 5) is 27.0. The lowest BCUT2D eigenvalue weighted by molar-refractivity contribution is -0.139. The number of sulfonamides is 1. The van der Waals surface area contributed by atoms with Crippen molar-refractivity contribution in [3.63, 3.8) is 0 Å². The van der Waals surface area contributed by atoms with Crippen LogP contribution in [0.2, 0.25) is 0 Å². The predicted octanol–water partition coefficient (Wildman–Crippen LogP) is 2.71. The Bertz CT molecular complexity index is 1020. The van der Waals surface area contributed by atoms with Crippen LogP contribution < -0.4 is 9.62 Å². The molecule has 0 spiro atoms. The van der Waals surface area contributed by atoms with Gasteiger partial charge in [0.2, 0.25) is 21.8 Å². The Morgan fingerprint density at radius 3 is 2.06 bits per heavy atom. The average Bonchev–Trinajstić information content (AvgIpc) is 2.76. The monoisotopic (exact) mass is 463 g/mol. The maximum absolute atomic E-state index is 13.3. The van der Waals surface area contributed by atoms with Gasteiger partial charge in [0, 0.05) is 13.1 Å². The van der Waals surface area contributed by atoms with Gasteiger partial charge in [-0.1, -0.05) is 31.2 Å². The number of nitrogens with one attached hydrogen (secondary N) is 1. The fourth-order valence-corrected chi connectivity index (χ4v) is 4.05. The lowest BCUT2D eigenvalue weighted by Gasteiger charge is -2.31. The SMILES string of the molecule is CCNC(=O)[C@H](C)N(Cc1ccc(F)cc1)C(=O)CN(c1ccc(CC)cc1)S(C)(=O)=O. The second-order valence-corrected chi connectivity index (χ2v) is 9.42. The van der Waals surface area contributed by atoms with E-state index in [0.29, 0.717) is 17.8 Å². The van der Waals surface area contributed by atoms with Gasteiger partial charge in [0.05, 0.1) is 11.9 Å². The third-order valence-corrected chi connectivity index (χ3v) is 6.24. The summed E-state index contributed by atoms with van der Waals surface area (Å²) >= 11 is 0. The van der Waals surface area contributed by atoms with E-state index >= 15 is 0 Å². The molecule has 0 aliphatic heterocycles. The minimum atomic E-state index is -3.77. The van der Waals surface area contributed by atoms with E-state index in [-0.39, 0.29) is 12.5 Å². The van der Waals surface area contributed by atoms with E-state index in [2.05, 4.69) is 5.32 Å². The first-order valence-corrected chi connectivity index (χ1v) is 12.3. The molecule has 2 aromatic carbocycles. The third kappa shape index (κ3) is 6.78. The van der Waals surface area contributed by atoms with Crippen LogP contribution in [0.4, 0.5) is 10.1 Å². The van der Waals surface area contributed by atoms with Gasteiger partial charge in [-0.3, -0.25) is 13.9 Å². The number of rotatable bonds is 10. The molecule has 0 fully saturated rings. The molecule has 2 rings (SSSR count). The van der Waals surface area contributed by atoms with Crippen molar-refractivity contribution in [3.05, 3.63) is 65.5 Å². The van der Waals surface area contributed by atoms with Gasteiger partial charge >= 0.3 is 0 Å². The summed E-state index contributed by atoms with van der Waals surface area (Å²) in [6.07, 6.45) is 1.83. The fourth-order valence-electron chi connectivity index (χ4n) is 3.20. The van der Waals surface area contributed by atoms with Crippen molar-refractivity contribution in [1.29, 1.82) is 0 Å². The summed E-state index contributed by atoms with van der Waals surface area (Å²) < 4.78 is 39.3. The van der Waals surface area contributed by atoms with Crippen molar-refractivity contribution >= 4 is 27.5 Å². The summed E-state index contributed by atoms with van der Waals surface area (Å²) in [7, 11) is -3.77. The van der Waals surface area contributed by atoms with Gasteiger partial charge in [-0.05, 0) is 55.7 Å². The number of amides is 2. The number of carbonyl (C=O) groups is 2. The number of likely N-dealkylation sites (N-methyl/N-ethyl adjacent to an activating group) is 1. The summed E-state index contributed by atoms with van der Waals surface area (Å²) in [5.41, 5.74) is 2.02. The molecule has 0 aromatic heterocycles. The maximum atomic E-state index is 13.3. The van der Waals surface area contributed by atoms with Gasteiger partial charge in [-0.15, -0.1) is 0 Å². The number of nitrogens with zero attached hydrogens (tertiary/aromatic N) is 2. The van der Waals surface area contributed by atoms with Gasteiger partial charge in [0.15, 0.2) is 0 Å². The Labute approximate surface area is 189 Å². The van der Waals surface area contributed by atoms with Gasteiger partial charge in [-0.25, -0.2) is 12.8 Å². The largest absolute Gasteiger partial charge is 0.355 e. The van der Waals surface area contributed by atoms with E-state index in [4.69, 9.17) is 0 Å². The van der Waals surface area contributed by atoms with E-state index in [1.165, 1.54) is 29.2 Å². The molecule has 0 aliphatic rings. The second kappa shape index (κ2) is 11.1. The van der Waals surface area contributed by atoms with Crippen molar-refractivity contribution < 1.29 is 22.4 Å². The Balaban J connectivity index is 2.35. The average molecular weight is 464 g/mol. The topological polar surface area (TPSA) is 86.8 Å². The van der Waals surface area contributed by atoms with Crippen LogP contribution in [-0.4, -0.2) is 50.5 Å². The minimum absolute atomic E-state index is 0.0315. The summed E-state index contributed by atoms with van der Waals surface area (Å²) in [5, 5.41) is 2.68. The minimum Gasteiger partial charge on any atom is -0.355 e. The van der Waals surface area contributed by atoms with Crippen LogP contribution in [0.3, 0.4) is 0 Å². The maximum Gasteiger partial charge on any atom is 0.244 e. The number of anilines is 1. The molecule has 7 nitrogen and oxygen atoms in total. The van der Waals surface area contributed by atoms with Crippen molar-refractivity contribution in [1.82, 2.24) is 10.2 Å². The molecule has 0 bridgehead atoms. The molecular weight excluding hydrogens is 433 g/mol. The highest BCUT2D eigenvalue weighted by atomic mass is 32.2. The van der Waals surface area contributed by atoms with Crippen LogP contribution in [0, 0.1) is 5.82 Å². The van der Waals surface area contributed by atoms with Crippen LogP contribution in [0.5, 0.6) is 0 Å². The summed E-state index contributed by atoms with van der Waals surface area (Å²) in [6.45, 7) is 5.29. The zero-order chi connectivity index (χ0) is 23.9. The molecule has 0 heterocycles. The van der Waals surface area contributed by atoms with E-state index in [1.807, 2.05) is 19.1 Å². The third-order valence-electron chi connectivity index (χ3n) is 5.10. The molecule has 2 amide bonds. The van der Waals surface area contributed by atoms with Crippen LogP contribution in [-0.2, 0) is 32.6 Å². The van der Waals surface area contributed by atoms with Gasteiger partial charge in [0.1, 0.15) is 18.4 Å². The molecule has 9 heteroatoms. The highest BCUT2D eigenvalue weighted by molar-refractivity contribution is 7.92. The van der Waals surface area contributed by atoms with Gasteiger partial charge < -0.3 is 10.2 Å². The van der Waals surface area contributed by atoms with Crippen molar-refractivity contribution in [3.8, 4) is 0 Å². The number of halogens is 1. The lowest BCUT2D eigenvalue weighted by Crippen LogP contribution is -2.51.